The predicted molar refractivity (Wildman–Crippen MR) is 62.3 cm³/mol. The van der Waals surface area contributed by atoms with Crippen LogP contribution in [0.1, 0.15) is 19.8 Å². The van der Waals surface area contributed by atoms with Crippen molar-refractivity contribution >= 4 is 15.7 Å². The van der Waals surface area contributed by atoms with E-state index in [0.29, 0.717) is 19.5 Å². The second-order valence-corrected chi connectivity index (χ2v) is 6.35. The predicted octanol–water partition coefficient (Wildman–Crippen LogP) is -0.368. The highest BCUT2D eigenvalue weighted by Crippen LogP contribution is 2.13. The van der Waals surface area contributed by atoms with Crippen LogP contribution in [0.2, 0.25) is 0 Å². The Bertz CT molecular complexity index is 339. The van der Waals surface area contributed by atoms with Gasteiger partial charge in [-0.05, 0) is 6.42 Å². The second-order valence-electron chi connectivity index (χ2n) is 4.05. The molecule has 1 unspecified atom stereocenters. The fraction of sp³-hybridized carbons (Fsp3) is 0.889. The van der Waals surface area contributed by atoms with Gasteiger partial charge in [0, 0.05) is 25.6 Å². The molecule has 6 nitrogen and oxygen atoms in total. The van der Waals surface area contributed by atoms with Crippen LogP contribution in [0.5, 0.6) is 0 Å². The van der Waals surface area contributed by atoms with E-state index in [-0.39, 0.29) is 23.4 Å². The summed E-state index contributed by atoms with van der Waals surface area (Å²) < 4.78 is 22.5. The number of amidine groups is 1. The van der Waals surface area contributed by atoms with E-state index in [0.717, 1.165) is 6.42 Å². The Kier molecular flexibility index (Phi) is 4.55. The van der Waals surface area contributed by atoms with E-state index < -0.39 is 9.84 Å². The Labute approximate surface area is 96.0 Å². The van der Waals surface area contributed by atoms with Crippen LogP contribution in [-0.2, 0) is 9.84 Å². The van der Waals surface area contributed by atoms with Crippen LogP contribution < -0.4 is 5.73 Å². The number of hydrogen-bond acceptors (Lipinski definition) is 5. The Morgan fingerprint density at radius 3 is 2.50 bits per heavy atom. The molecule has 1 saturated heterocycles. The van der Waals surface area contributed by atoms with Crippen LogP contribution in [0.15, 0.2) is 5.16 Å². The number of rotatable bonds is 4. The van der Waals surface area contributed by atoms with E-state index in [1.165, 1.54) is 0 Å². The van der Waals surface area contributed by atoms with Gasteiger partial charge in [0.05, 0.1) is 11.5 Å². The molecule has 1 fully saturated rings. The normalized spacial score (nSPS) is 24.2. The SMILES string of the molecule is CCC(C/C(N)=N/O)N1CCS(=O)(=O)CC1. The summed E-state index contributed by atoms with van der Waals surface area (Å²) in [5.74, 6) is 0.611. The van der Waals surface area contributed by atoms with Gasteiger partial charge in [-0.25, -0.2) is 8.42 Å². The van der Waals surface area contributed by atoms with Crippen LogP contribution in [0.3, 0.4) is 0 Å². The van der Waals surface area contributed by atoms with Gasteiger partial charge < -0.3 is 10.9 Å². The summed E-state index contributed by atoms with van der Waals surface area (Å²) in [6.45, 7) is 3.09. The summed E-state index contributed by atoms with van der Waals surface area (Å²) >= 11 is 0. The first-order valence-corrected chi connectivity index (χ1v) is 7.21. The van der Waals surface area contributed by atoms with E-state index >= 15 is 0 Å². The molecule has 0 saturated carbocycles. The smallest absolute Gasteiger partial charge is 0.152 e. The monoisotopic (exact) mass is 249 g/mol. The average molecular weight is 249 g/mol. The zero-order chi connectivity index (χ0) is 12.2. The Morgan fingerprint density at radius 2 is 2.06 bits per heavy atom. The molecule has 7 heteroatoms. The third kappa shape index (κ3) is 3.64. The average Bonchev–Trinajstić information content (AvgIpc) is 2.26. The second kappa shape index (κ2) is 5.49. The van der Waals surface area contributed by atoms with Gasteiger partial charge in [0.1, 0.15) is 5.84 Å². The largest absolute Gasteiger partial charge is 0.409 e. The highest BCUT2D eigenvalue weighted by Gasteiger charge is 2.26. The molecule has 1 aliphatic rings. The van der Waals surface area contributed by atoms with Crippen molar-refractivity contribution < 1.29 is 13.6 Å². The summed E-state index contributed by atoms with van der Waals surface area (Å²) in [5, 5.41) is 11.5. The summed E-state index contributed by atoms with van der Waals surface area (Å²) in [6.07, 6.45) is 1.34. The summed E-state index contributed by atoms with van der Waals surface area (Å²) in [7, 11) is -2.84. The lowest BCUT2D eigenvalue weighted by Gasteiger charge is -2.33. The fourth-order valence-corrected chi connectivity index (χ4v) is 3.14. The maximum absolute atomic E-state index is 11.3. The van der Waals surface area contributed by atoms with Crippen LogP contribution in [0.4, 0.5) is 0 Å². The van der Waals surface area contributed by atoms with Crippen molar-refractivity contribution in [3.63, 3.8) is 0 Å². The molecule has 1 heterocycles. The maximum Gasteiger partial charge on any atom is 0.152 e. The summed E-state index contributed by atoms with van der Waals surface area (Å²) in [5.41, 5.74) is 5.46. The van der Waals surface area contributed by atoms with Gasteiger partial charge in [0.2, 0.25) is 0 Å². The maximum atomic E-state index is 11.3. The molecule has 16 heavy (non-hydrogen) atoms. The first-order valence-electron chi connectivity index (χ1n) is 5.39. The molecule has 0 radical (unpaired) electrons. The lowest BCUT2D eigenvalue weighted by Crippen LogP contribution is -2.47. The lowest BCUT2D eigenvalue weighted by molar-refractivity contribution is 0.209. The molecule has 1 atom stereocenters. The van der Waals surface area contributed by atoms with Crippen LogP contribution >= 0.6 is 0 Å². The van der Waals surface area contributed by atoms with Gasteiger partial charge in [0.15, 0.2) is 9.84 Å². The van der Waals surface area contributed by atoms with E-state index in [9.17, 15) is 8.42 Å². The van der Waals surface area contributed by atoms with Crippen molar-refractivity contribution in [2.45, 2.75) is 25.8 Å². The first-order chi connectivity index (χ1) is 7.48. The molecule has 0 spiro atoms. The van der Waals surface area contributed by atoms with Crippen LogP contribution in [0, 0.1) is 0 Å². The van der Waals surface area contributed by atoms with Gasteiger partial charge in [-0.2, -0.15) is 0 Å². The van der Waals surface area contributed by atoms with Crippen LogP contribution in [0.25, 0.3) is 0 Å². The minimum Gasteiger partial charge on any atom is -0.409 e. The summed E-state index contributed by atoms with van der Waals surface area (Å²) in [4.78, 5) is 2.10. The minimum atomic E-state index is -2.84. The fourth-order valence-electron chi connectivity index (χ4n) is 1.91. The number of oxime groups is 1. The number of nitrogens with two attached hydrogens (primary N) is 1. The molecule has 94 valence electrons. The van der Waals surface area contributed by atoms with Gasteiger partial charge in [-0.15, -0.1) is 0 Å². The van der Waals surface area contributed by atoms with Crippen molar-refractivity contribution in [1.82, 2.24) is 4.90 Å². The summed E-state index contributed by atoms with van der Waals surface area (Å²) in [6, 6.07) is 0.159. The van der Waals surface area contributed by atoms with Crippen LogP contribution in [-0.4, -0.2) is 55.0 Å². The van der Waals surface area contributed by atoms with Crippen molar-refractivity contribution in [2.75, 3.05) is 24.6 Å². The standard InChI is InChI=1S/C9H19N3O3S/c1-2-8(7-9(10)11-13)12-3-5-16(14,15)6-4-12/h8,13H,2-7H2,1H3,(H2,10,11). The molecule has 0 aromatic rings. The van der Waals surface area contributed by atoms with Gasteiger partial charge in [0.25, 0.3) is 0 Å². The quantitative estimate of drug-likeness (QED) is 0.307. The molecule has 1 rings (SSSR count). The molecule has 0 aromatic heterocycles. The molecular weight excluding hydrogens is 230 g/mol. The van der Waals surface area contributed by atoms with E-state index in [1.54, 1.807) is 0 Å². The minimum absolute atomic E-state index is 0.159. The molecule has 0 aliphatic carbocycles. The Balaban J connectivity index is 2.56. The zero-order valence-corrected chi connectivity index (χ0v) is 10.3. The topological polar surface area (TPSA) is 96.0 Å². The highest BCUT2D eigenvalue weighted by molar-refractivity contribution is 7.91. The molecule has 3 N–H and O–H groups in total. The first kappa shape index (κ1) is 13.2. The van der Waals surface area contributed by atoms with Gasteiger partial charge in [-0.1, -0.05) is 12.1 Å². The number of nitrogens with zero attached hydrogens (tertiary/aromatic N) is 2. The Morgan fingerprint density at radius 1 is 1.50 bits per heavy atom. The number of sulfone groups is 1. The zero-order valence-electron chi connectivity index (χ0n) is 9.46. The van der Waals surface area contributed by atoms with Gasteiger partial charge >= 0.3 is 0 Å². The van der Waals surface area contributed by atoms with Gasteiger partial charge in [-0.3, -0.25) is 4.90 Å². The molecule has 1 aliphatic heterocycles. The lowest BCUT2D eigenvalue weighted by atomic mass is 10.1. The molecular formula is C9H19N3O3S. The highest BCUT2D eigenvalue weighted by atomic mass is 32.2. The number of hydrogen-bond donors (Lipinski definition) is 2. The van der Waals surface area contributed by atoms with E-state index in [4.69, 9.17) is 10.9 Å². The van der Waals surface area contributed by atoms with Crippen molar-refractivity contribution in [2.24, 2.45) is 10.9 Å². The molecule has 0 bridgehead atoms. The van der Waals surface area contributed by atoms with Crippen molar-refractivity contribution in [1.29, 1.82) is 0 Å². The third-order valence-corrected chi connectivity index (χ3v) is 4.55. The van der Waals surface area contributed by atoms with E-state index in [1.807, 2.05) is 6.92 Å². The van der Waals surface area contributed by atoms with Crippen molar-refractivity contribution in [3.8, 4) is 0 Å². The van der Waals surface area contributed by atoms with Crippen molar-refractivity contribution in [3.05, 3.63) is 0 Å². The molecule has 0 amide bonds. The molecule has 0 aromatic carbocycles. The van der Waals surface area contributed by atoms with E-state index in [2.05, 4.69) is 10.1 Å². The Hall–Kier alpha value is -0.820. The third-order valence-electron chi connectivity index (χ3n) is 2.94.